The van der Waals surface area contributed by atoms with Crippen LogP contribution in [0, 0.1) is 5.92 Å². The first kappa shape index (κ1) is 29.6. The summed E-state index contributed by atoms with van der Waals surface area (Å²) in [5.41, 5.74) is 7.91. The lowest BCUT2D eigenvalue weighted by atomic mass is 9.88. The number of methoxy groups -OCH3 is 2. The van der Waals surface area contributed by atoms with Crippen LogP contribution in [0.3, 0.4) is 0 Å². The monoisotopic (exact) mass is 608 g/mol. The summed E-state index contributed by atoms with van der Waals surface area (Å²) in [7, 11) is 2.61. The van der Waals surface area contributed by atoms with Crippen molar-refractivity contribution in [1.29, 1.82) is 0 Å². The summed E-state index contributed by atoms with van der Waals surface area (Å²) in [6, 6.07) is 18.3. The molecule has 5 rings (SSSR count). The zero-order valence-corrected chi connectivity index (χ0v) is 25.1. The van der Waals surface area contributed by atoms with Crippen molar-refractivity contribution in [3.8, 4) is 16.9 Å². The number of nitrogens with one attached hydrogen (secondary N) is 1. The van der Waals surface area contributed by atoms with Gasteiger partial charge in [0.05, 0.1) is 31.9 Å². The van der Waals surface area contributed by atoms with Crippen LogP contribution in [-0.2, 0) is 23.9 Å². The highest BCUT2D eigenvalue weighted by molar-refractivity contribution is 6.38. The van der Waals surface area contributed by atoms with Gasteiger partial charge < -0.3 is 19.0 Å². The molecule has 0 amide bonds. The van der Waals surface area contributed by atoms with Crippen molar-refractivity contribution in [1.82, 2.24) is 5.48 Å². The molecule has 0 aliphatic carbocycles. The van der Waals surface area contributed by atoms with E-state index in [2.05, 4.69) is 10.5 Å². The SMILES string of the molecule is COC(=O)C1=Nc2cc(-c3ccc(OCC4=C(C(C)C)ONC4c4c(Cl)cccc4Cl)cc3)ccc2C(C(=O)OC)C1. The number of fused-ring (bicyclic) bond motifs is 1. The fourth-order valence-electron chi connectivity index (χ4n) is 5.18. The van der Waals surface area contributed by atoms with Crippen molar-refractivity contribution in [2.24, 2.45) is 10.9 Å². The van der Waals surface area contributed by atoms with Crippen molar-refractivity contribution in [3.63, 3.8) is 0 Å². The molecule has 8 nitrogen and oxygen atoms in total. The molecule has 42 heavy (non-hydrogen) atoms. The van der Waals surface area contributed by atoms with Crippen LogP contribution in [0.15, 0.2) is 77.0 Å². The fourth-order valence-corrected chi connectivity index (χ4v) is 5.79. The third-order valence-electron chi connectivity index (χ3n) is 7.31. The molecular weight excluding hydrogens is 579 g/mol. The number of allylic oxidation sites excluding steroid dienone is 1. The number of ether oxygens (including phenoxy) is 3. The predicted octanol–water partition coefficient (Wildman–Crippen LogP) is 7.13. The second-order valence-electron chi connectivity index (χ2n) is 10.2. The van der Waals surface area contributed by atoms with Crippen LogP contribution in [0.2, 0.25) is 10.0 Å². The molecule has 0 saturated heterocycles. The van der Waals surface area contributed by atoms with E-state index >= 15 is 0 Å². The minimum absolute atomic E-state index is 0.120. The van der Waals surface area contributed by atoms with E-state index in [0.29, 0.717) is 27.0 Å². The van der Waals surface area contributed by atoms with Gasteiger partial charge in [-0.15, -0.1) is 5.48 Å². The van der Waals surface area contributed by atoms with E-state index in [1.807, 2.05) is 56.3 Å². The van der Waals surface area contributed by atoms with Crippen LogP contribution in [-0.4, -0.2) is 38.5 Å². The first-order valence-corrected chi connectivity index (χ1v) is 14.2. The van der Waals surface area contributed by atoms with Gasteiger partial charge in [-0.2, -0.15) is 0 Å². The van der Waals surface area contributed by atoms with Crippen LogP contribution in [0.1, 0.15) is 43.4 Å². The molecule has 0 fully saturated rings. The Morgan fingerprint density at radius 2 is 1.69 bits per heavy atom. The van der Waals surface area contributed by atoms with E-state index < -0.39 is 17.9 Å². The number of hydrogen-bond acceptors (Lipinski definition) is 8. The van der Waals surface area contributed by atoms with E-state index in [0.717, 1.165) is 28.0 Å². The first-order chi connectivity index (χ1) is 20.2. The molecular formula is C32H30Cl2N2O6. The number of rotatable bonds is 8. The molecule has 2 atom stereocenters. The van der Waals surface area contributed by atoms with Gasteiger partial charge in [-0.25, -0.2) is 9.79 Å². The van der Waals surface area contributed by atoms with Gasteiger partial charge >= 0.3 is 11.9 Å². The van der Waals surface area contributed by atoms with Crippen LogP contribution in [0.4, 0.5) is 5.69 Å². The summed E-state index contributed by atoms with van der Waals surface area (Å²) in [5, 5.41) is 1.09. The number of esters is 2. The molecule has 2 aliphatic rings. The van der Waals surface area contributed by atoms with E-state index in [9.17, 15) is 9.59 Å². The molecule has 0 radical (unpaired) electrons. The maximum atomic E-state index is 12.5. The summed E-state index contributed by atoms with van der Waals surface area (Å²) < 4.78 is 16.0. The van der Waals surface area contributed by atoms with Crippen molar-refractivity contribution < 1.29 is 28.6 Å². The second kappa shape index (κ2) is 12.6. The van der Waals surface area contributed by atoms with Gasteiger partial charge in [-0.05, 0) is 47.0 Å². The van der Waals surface area contributed by atoms with Gasteiger partial charge in [-0.3, -0.25) is 4.79 Å². The summed E-state index contributed by atoms with van der Waals surface area (Å²) in [6.45, 7) is 4.37. The van der Waals surface area contributed by atoms with Gasteiger partial charge in [0.25, 0.3) is 0 Å². The summed E-state index contributed by atoms with van der Waals surface area (Å²) >= 11 is 13.0. The number of carbonyl (C=O) groups is 2. The Morgan fingerprint density at radius 3 is 2.33 bits per heavy atom. The minimum Gasteiger partial charge on any atom is -0.489 e. The van der Waals surface area contributed by atoms with Gasteiger partial charge in [0, 0.05) is 33.5 Å². The molecule has 0 aromatic heterocycles. The first-order valence-electron chi connectivity index (χ1n) is 13.4. The average Bonchev–Trinajstić information content (AvgIpc) is 3.42. The Hall–Kier alpha value is -3.85. The lowest BCUT2D eigenvalue weighted by molar-refractivity contribution is -0.142. The zero-order chi connectivity index (χ0) is 30.0. The maximum absolute atomic E-state index is 12.5. The normalized spacial score (nSPS) is 17.8. The topological polar surface area (TPSA) is 95.5 Å². The van der Waals surface area contributed by atoms with E-state index in [4.69, 9.17) is 42.3 Å². The third kappa shape index (κ3) is 5.88. The molecule has 3 aromatic rings. The number of nitrogens with zero attached hydrogens (tertiary/aromatic N) is 1. The fraction of sp³-hybridized carbons (Fsp3) is 0.281. The van der Waals surface area contributed by atoms with Crippen molar-refractivity contribution in [2.45, 2.75) is 32.2 Å². The van der Waals surface area contributed by atoms with E-state index in [1.54, 1.807) is 18.2 Å². The van der Waals surface area contributed by atoms with E-state index in [1.165, 1.54) is 14.2 Å². The standard InChI is InChI=1S/C32H30Cl2N2O6/c1-17(2)30-23(29(36-42-30)28-24(33)6-5-7-25(28)34)16-41-20-11-8-18(9-12-20)19-10-13-21-22(31(37)39-3)15-27(32(38)40-4)35-26(21)14-19/h5-14,17,22,29,36H,15-16H2,1-4H3. The number of carbonyl (C=O) groups excluding carboxylic acids is 2. The average molecular weight is 610 g/mol. The Balaban J connectivity index is 1.37. The van der Waals surface area contributed by atoms with Gasteiger partial charge in [0.2, 0.25) is 0 Å². The van der Waals surface area contributed by atoms with Crippen LogP contribution >= 0.6 is 23.2 Å². The van der Waals surface area contributed by atoms with E-state index in [-0.39, 0.29) is 30.7 Å². The Morgan fingerprint density at radius 1 is 1.00 bits per heavy atom. The van der Waals surface area contributed by atoms with Crippen LogP contribution < -0.4 is 10.2 Å². The molecule has 0 saturated carbocycles. The number of halogens is 2. The molecule has 0 spiro atoms. The Labute approximate surface area is 254 Å². The van der Waals surface area contributed by atoms with Crippen LogP contribution in [0.5, 0.6) is 5.75 Å². The number of hydroxylamine groups is 1. The summed E-state index contributed by atoms with van der Waals surface area (Å²) in [4.78, 5) is 35.0. The molecule has 2 aliphatic heterocycles. The number of hydrogen-bond donors (Lipinski definition) is 1. The summed E-state index contributed by atoms with van der Waals surface area (Å²) in [6.07, 6.45) is 0.122. The lowest BCUT2D eigenvalue weighted by Crippen LogP contribution is -2.26. The highest BCUT2D eigenvalue weighted by Crippen LogP contribution is 2.41. The number of aliphatic imine (C=N–C) groups is 1. The molecule has 1 N–H and O–H groups in total. The smallest absolute Gasteiger partial charge is 0.352 e. The molecule has 2 unspecified atom stereocenters. The zero-order valence-electron chi connectivity index (χ0n) is 23.6. The molecule has 10 heteroatoms. The van der Waals surface area contributed by atoms with Crippen LogP contribution in [0.25, 0.3) is 11.1 Å². The van der Waals surface area contributed by atoms with Gasteiger partial charge in [-0.1, -0.05) is 67.4 Å². The molecule has 3 aromatic carbocycles. The lowest BCUT2D eigenvalue weighted by Gasteiger charge is -2.22. The van der Waals surface area contributed by atoms with Gasteiger partial charge in [0.1, 0.15) is 23.8 Å². The Kier molecular flexibility index (Phi) is 8.87. The predicted molar refractivity (Wildman–Crippen MR) is 161 cm³/mol. The maximum Gasteiger partial charge on any atom is 0.352 e. The van der Waals surface area contributed by atoms with Crippen molar-refractivity contribution in [2.75, 3.05) is 20.8 Å². The number of benzene rings is 3. The minimum atomic E-state index is -0.634. The molecule has 0 bridgehead atoms. The molecule has 218 valence electrons. The highest BCUT2D eigenvalue weighted by atomic mass is 35.5. The van der Waals surface area contributed by atoms with Gasteiger partial charge in [0.15, 0.2) is 0 Å². The third-order valence-corrected chi connectivity index (χ3v) is 7.97. The van der Waals surface area contributed by atoms with Crippen molar-refractivity contribution >= 4 is 46.5 Å². The summed E-state index contributed by atoms with van der Waals surface area (Å²) in [5.74, 6) is -0.0581. The highest BCUT2D eigenvalue weighted by Gasteiger charge is 2.34. The Bertz CT molecular complexity index is 1560. The largest absolute Gasteiger partial charge is 0.489 e. The van der Waals surface area contributed by atoms with Crippen molar-refractivity contribution in [3.05, 3.63) is 93.2 Å². The second-order valence-corrected chi connectivity index (χ2v) is 11.1. The molecule has 2 heterocycles. The quantitative estimate of drug-likeness (QED) is 0.272.